The molecule has 1 aromatic heterocycles. The van der Waals surface area contributed by atoms with Gasteiger partial charge in [0.2, 0.25) is 0 Å². The second kappa shape index (κ2) is 7.28. The number of hydrogen-bond donors (Lipinski definition) is 4. The molecule has 2 heterocycles. The number of phosphoric ester groups is 1. The molecule has 0 spiro atoms. The second-order valence-corrected chi connectivity index (χ2v) is 6.89. The molecule has 0 aliphatic carbocycles. The second-order valence-electron chi connectivity index (χ2n) is 5.48. The molecular weight excluding hydrogens is 347 g/mol. The topological polar surface area (TPSA) is 160 Å². The molecular formula is C12H19N2O9P. The Balaban J connectivity index is 2.08. The molecule has 24 heavy (non-hydrogen) atoms. The molecule has 0 amide bonds. The van der Waals surface area contributed by atoms with Crippen molar-refractivity contribution in [1.82, 2.24) is 9.55 Å². The molecule has 1 aliphatic rings. The van der Waals surface area contributed by atoms with Crippen molar-refractivity contribution in [2.24, 2.45) is 0 Å². The Morgan fingerprint density at radius 1 is 1.38 bits per heavy atom. The minimum absolute atomic E-state index is 0.548. The van der Waals surface area contributed by atoms with Crippen molar-refractivity contribution in [1.29, 1.82) is 0 Å². The first-order valence-electron chi connectivity index (χ1n) is 7.09. The van der Waals surface area contributed by atoms with Gasteiger partial charge in [0.05, 0.1) is 12.7 Å². The number of aromatic amines is 1. The molecule has 0 radical (unpaired) electrons. The van der Waals surface area contributed by atoms with Crippen molar-refractivity contribution in [3.05, 3.63) is 33.1 Å². The minimum Gasteiger partial charge on any atom is -0.387 e. The highest BCUT2D eigenvalue weighted by molar-refractivity contribution is 7.47. The van der Waals surface area contributed by atoms with E-state index in [0.29, 0.717) is 0 Å². The van der Waals surface area contributed by atoms with Gasteiger partial charge in [-0.15, -0.1) is 0 Å². The Morgan fingerprint density at radius 3 is 2.62 bits per heavy atom. The first-order chi connectivity index (χ1) is 11.1. The maximum Gasteiger partial charge on any atom is 0.472 e. The number of nitrogens with one attached hydrogen (secondary N) is 1. The molecule has 136 valence electrons. The highest BCUT2D eigenvalue weighted by Gasteiger charge is 2.45. The summed E-state index contributed by atoms with van der Waals surface area (Å²) in [5.41, 5.74) is -1.47. The van der Waals surface area contributed by atoms with Crippen molar-refractivity contribution >= 4 is 7.82 Å². The smallest absolute Gasteiger partial charge is 0.387 e. The van der Waals surface area contributed by atoms with Gasteiger partial charge >= 0.3 is 13.5 Å². The van der Waals surface area contributed by atoms with Crippen LogP contribution in [0.5, 0.6) is 0 Å². The molecule has 5 unspecified atom stereocenters. The highest BCUT2D eigenvalue weighted by atomic mass is 31.2. The fourth-order valence-corrected chi connectivity index (χ4v) is 3.12. The summed E-state index contributed by atoms with van der Waals surface area (Å²) in [4.78, 5) is 34.2. The molecule has 0 aromatic carbocycles. The lowest BCUT2D eigenvalue weighted by Crippen LogP contribution is -2.37. The zero-order chi connectivity index (χ0) is 18.1. The minimum atomic E-state index is -4.34. The van der Waals surface area contributed by atoms with Gasteiger partial charge in [-0.05, 0) is 13.8 Å². The zero-order valence-electron chi connectivity index (χ0n) is 12.9. The zero-order valence-corrected chi connectivity index (χ0v) is 13.8. The monoisotopic (exact) mass is 366 g/mol. The summed E-state index contributed by atoms with van der Waals surface area (Å²) in [5, 5.41) is 20.0. The van der Waals surface area contributed by atoms with Crippen molar-refractivity contribution in [3.63, 3.8) is 0 Å². The Kier molecular flexibility index (Phi) is 5.76. The molecule has 11 nitrogen and oxygen atoms in total. The van der Waals surface area contributed by atoms with E-state index in [9.17, 15) is 29.3 Å². The van der Waals surface area contributed by atoms with E-state index in [1.54, 1.807) is 0 Å². The van der Waals surface area contributed by atoms with Gasteiger partial charge in [-0.1, -0.05) is 0 Å². The van der Waals surface area contributed by atoms with Crippen molar-refractivity contribution in [3.8, 4) is 0 Å². The summed E-state index contributed by atoms with van der Waals surface area (Å²) in [6.07, 6.45) is -4.92. The van der Waals surface area contributed by atoms with Gasteiger partial charge in [0.25, 0.3) is 5.56 Å². The number of H-pyrrole nitrogens is 1. The summed E-state index contributed by atoms with van der Waals surface area (Å²) in [6, 6.07) is 1.05. The van der Waals surface area contributed by atoms with Crippen molar-refractivity contribution in [2.45, 2.75) is 44.5 Å². The SMILES string of the molecule is CC(C)OP(=O)(O)OCC1OC(n2ccc(=O)[nH]c2=O)C(O)C1O. The van der Waals surface area contributed by atoms with Crippen LogP contribution in [0.2, 0.25) is 0 Å². The molecule has 1 aromatic rings. The van der Waals surface area contributed by atoms with Crippen molar-refractivity contribution < 1.29 is 33.5 Å². The van der Waals surface area contributed by atoms with Crippen LogP contribution < -0.4 is 11.2 Å². The Bertz CT molecular complexity index is 730. The van der Waals surface area contributed by atoms with Crippen LogP contribution in [0, 0.1) is 0 Å². The maximum absolute atomic E-state index is 11.7. The molecule has 0 saturated carbocycles. The third-order valence-electron chi connectivity index (χ3n) is 3.21. The molecule has 5 atom stereocenters. The van der Waals surface area contributed by atoms with E-state index < -0.39 is 56.3 Å². The quantitative estimate of drug-likeness (QED) is 0.448. The van der Waals surface area contributed by atoms with Crippen LogP contribution in [0.15, 0.2) is 21.9 Å². The van der Waals surface area contributed by atoms with Gasteiger partial charge in [0, 0.05) is 12.3 Å². The fraction of sp³-hybridized carbons (Fsp3) is 0.667. The summed E-state index contributed by atoms with van der Waals surface area (Å²) >= 11 is 0. The first kappa shape index (κ1) is 19.0. The first-order valence-corrected chi connectivity index (χ1v) is 8.59. The van der Waals surface area contributed by atoms with Gasteiger partial charge in [-0.2, -0.15) is 0 Å². The van der Waals surface area contributed by atoms with Crippen LogP contribution in [0.1, 0.15) is 20.1 Å². The van der Waals surface area contributed by atoms with Crippen LogP contribution in [0.3, 0.4) is 0 Å². The average Bonchev–Trinajstić information content (AvgIpc) is 2.72. The molecule has 1 aliphatic heterocycles. The Morgan fingerprint density at radius 2 is 2.04 bits per heavy atom. The Labute approximate surface area is 136 Å². The number of aromatic nitrogens is 2. The van der Waals surface area contributed by atoms with Gasteiger partial charge in [0.1, 0.15) is 18.3 Å². The van der Waals surface area contributed by atoms with Gasteiger partial charge < -0.3 is 19.8 Å². The van der Waals surface area contributed by atoms with Crippen LogP contribution in [-0.2, 0) is 18.3 Å². The van der Waals surface area contributed by atoms with Crippen LogP contribution in [-0.4, -0.2) is 55.7 Å². The summed E-state index contributed by atoms with van der Waals surface area (Å²) in [6.45, 7) is 2.53. The standard InChI is InChI=1S/C12H19N2O9P/c1-6(2)23-24(19,20)21-5-7-9(16)10(17)11(22-7)14-4-3-8(15)13-12(14)18/h3-4,6-7,9-11,16-17H,5H2,1-2H3,(H,19,20)(H,13,15,18). The van der Waals surface area contributed by atoms with Gasteiger partial charge in [-0.25, -0.2) is 9.36 Å². The lowest BCUT2D eigenvalue weighted by atomic mass is 10.1. The van der Waals surface area contributed by atoms with E-state index in [1.165, 1.54) is 13.8 Å². The number of ether oxygens (including phenoxy) is 1. The number of phosphoric acid groups is 1. The number of rotatable bonds is 6. The van der Waals surface area contributed by atoms with E-state index in [0.717, 1.165) is 16.8 Å². The summed E-state index contributed by atoms with van der Waals surface area (Å²) in [7, 11) is -4.34. The lowest BCUT2D eigenvalue weighted by Gasteiger charge is -2.18. The van der Waals surface area contributed by atoms with Gasteiger partial charge in [-0.3, -0.25) is 23.4 Å². The lowest BCUT2D eigenvalue weighted by molar-refractivity contribution is -0.0558. The average molecular weight is 366 g/mol. The van der Waals surface area contributed by atoms with E-state index in [-0.39, 0.29) is 0 Å². The number of hydrogen-bond acceptors (Lipinski definition) is 8. The van der Waals surface area contributed by atoms with E-state index in [4.69, 9.17) is 13.8 Å². The molecule has 12 heteroatoms. The molecule has 1 fully saturated rings. The fourth-order valence-electron chi connectivity index (χ4n) is 2.19. The van der Waals surface area contributed by atoms with Crippen molar-refractivity contribution in [2.75, 3.05) is 6.61 Å². The predicted octanol–water partition coefficient (Wildman–Crippen LogP) is -1.30. The van der Waals surface area contributed by atoms with Crippen LogP contribution in [0.4, 0.5) is 0 Å². The van der Waals surface area contributed by atoms with E-state index >= 15 is 0 Å². The molecule has 2 rings (SSSR count). The summed E-state index contributed by atoms with van der Waals surface area (Å²) < 4.78 is 27.3. The largest absolute Gasteiger partial charge is 0.472 e. The maximum atomic E-state index is 11.7. The van der Waals surface area contributed by atoms with Gasteiger partial charge in [0.15, 0.2) is 6.23 Å². The summed E-state index contributed by atoms with van der Waals surface area (Å²) in [5.74, 6) is 0. The third-order valence-corrected chi connectivity index (χ3v) is 4.37. The van der Waals surface area contributed by atoms with Crippen LogP contribution in [0.25, 0.3) is 0 Å². The van der Waals surface area contributed by atoms with Crippen LogP contribution >= 0.6 is 7.82 Å². The predicted molar refractivity (Wildman–Crippen MR) is 79.2 cm³/mol. The van der Waals surface area contributed by atoms with E-state index in [1.807, 2.05) is 4.98 Å². The normalized spacial score (nSPS) is 29.8. The molecule has 4 N–H and O–H groups in total. The Hall–Kier alpha value is -1.33. The number of nitrogens with zero attached hydrogens (tertiary/aromatic N) is 1. The molecule has 0 bridgehead atoms. The number of aliphatic hydroxyl groups is 2. The highest BCUT2D eigenvalue weighted by Crippen LogP contribution is 2.45. The number of aliphatic hydroxyl groups excluding tert-OH is 2. The van der Waals surface area contributed by atoms with E-state index in [2.05, 4.69) is 0 Å². The molecule has 1 saturated heterocycles. The third kappa shape index (κ3) is 4.39.